The molecule has 0 aliphatic carbocycles. The van der Waals surface area contributed by atoms with Gasteiger partial charge in [0, 0.05) is 61.7 Å². The largest absolute Gasteiger partial charge is 0.390 e. The van der Waals surface area contributed by atoms with Crippen LogP contribution in [0.1, 0.15) is 29.7 Å². The molecule has 2 aromatic carbocycles. The molecule has 0 amide bonds. The number of nitrogens with zero attached hydrogens (tertiary/aromatic N) is 5. The summed E-state index contributed by atoms with van der Waals surface area (Å²) in [4.78, 5) is 11.9. The Labute approximate surface area is 200 Å². The summed E-state index contributed by atoms with van der Waals surface area (Å²) in [5.41, 5.74) is 6.55. The minimum Gasteiger partial charge on any atom is -0.390 e. The van der Waals surface area contributed by atoms with E-state index in [0.29, 0.717) is 24.2 Å². The Balaban J connectivity index is 1.31. The molecular formula is C27H30N6O. The molecule has 3 aliphatic rings. The minimum atomic E-state index is -0.338. The predicted octanol–water partition coefficient (Wildman–Crippen LogP) is 2.64. The van der Waals surface area contributed by atoms with E-state index in [1.807, 2.05) is 19.2 Å². The molecule has 0 radical (unpaired) electrons. The standard InChI is InChI=1S/C27H30N6O/c1-17-12-32(24-8-5-18(11-28)27-22(24)4-3-9-30-27)15-25-21-7-6-20(10-19(21)13-33(17)25)31-14-23(29-2)26(34)16-31/h3-10,17,23,25-26,29,34H,12-16H2,1-2H3/t17-,23-,25-,26-/m1/s1. The van der Waals surface area contributed by atoms with Crippen LogP contribution in [-0.4, -0.2) is 66.4 Å². The van der Waals surface area contributed by atoms with Crippen LogP contribution in [-0.2, 0) is 6.54 Å². The first kappa shape index (κ1) is 21.4. The van der Waals surface area contributed by atoms with Gasteiger partial charge in [0.1, 0.15) is 6.07 Å². The first-order valence-electron chi connectivity index (χ1n) is 12.1. The zero-order chi connectivity index (χ0) is 23.4. The maximum Gasteiger partial charge on any atom is 0.101 e. The SMILES string of the molecule is CN[C@@H]1CN(c2ccc3c(c2)CN2[C@H](C)CN(c4ccc(C#N)c5ncccc45)C[C@H]32)C[C@H]1O. The van der Waals surface area contributed by atoms with E-state index in [4.69, 9.17) is 0 Å². The first-order chi connectivity index (χ1) is 16.6. The molecule has 0 bridgehead atoms. The number of nitrogens with one attached hydrogen (secondary N) is 1. The van der Waals surface area contributed by atoms with Crippen molar-refractivity contribution in [3.8, 4) is 6.07 Å². The average Bonchev–Trinajstić information content (AvgIpc) is 3.43. The van der Waals surface area contributed by atoms with E-state index in [1.54, 1.807) is 6.20 Å². The number of aliphatic hydroxyl groups is 1. The van der Waals surface area contributed by atoms with Gasteiger partial charge in [0.05, 0.1) is 29.3 Å². The van der Waals surface area contributed by atoms with Crippen molar-refractivity contribution in [3.05, 3.63) is 65.4 Å². The van der Waals surface area contributed by atoms with Crippen LogP contribution in [0.2, 0.25) is 0 Å². The van der Waals surface area contributed by atoms with Gasteiger partial charge in [0.15, 0.2) is 0 Å². The third-order valence-corrected chi connectivity index (χ3v) is 7.92. The summed E-state index contributed by atoms with van der Waals surface area (Å²) in [7, 11) is 1.92. The van der Waals surface area contributed by atoms with E-state index in [9.17, 15) is 10.4 Å². The van der Waals surface area contributed by atoms with Crippen LogP contribution in [0.25, 0.3) is 10.9 Å². The molecule has 0 spiro atoms. The molecular weight excluding hydrogens is 424 g/mol. The number of nitriles is 1. The van der Waals surface area contributed by atoms with Crippen molar-refractivity contribution < 1.29 is 5.11 Å². The van der Waals surface area contributed by atoms with Crippen LogP contribution in [0, 0.1) is 11.3 Å². The van der Waals surface area contributed by atoms with Gasteiger partial charge in [-0.3, -0.25) is 9.88 Å². The Bertz CT molecular complexity index is 1290. The van der Waals surface area contributed by atoms with Crippen LogP contribution in [0.3, 0.4) is 0 Å². The Morgan fingerprint density at radius 3 is 2.76 bits per heavy atom. The Morgan fingerprint density at radius 2 is 1.97 bits per heavy atom. The lowest BCUT2D eigenvalue weighted by molar-refractivity contribution is 0.134. The molecule has 34 heavy (non-hydrogen) atoms. The van der Waals surface area contributed by atoms with Crippen LogP contribution in [0.5, 0.6) is 0 Å². The fourth-order valence-electron chi connectivity index (χ4n) is 6.11. The number of fused-ring (bicyclic) bond motifs is 4. The Kier molecular flexibility index (Phi) is 5.18. The van der Waals surface area contributed by atoms with Crippen molar-refractivity contribution in [2.24, 2.45) is 0 Å². The maximum absolute atomic E-state index is 10.3. The zero-order valence-corrected chi connectivity index (χ0v) is 19.6. The highest BCUT2D eigenvalue weighted by Gasteiger charge is 2.40. The van der Waals surface area contributed by atoms with Crippen molar-refractivity contribution in [1.29, 1.82) is 5.26 Å². The van der Waals surface area contributed by atoms with Gasteiger partial charge in [-0.15, -0.1) is 0 Å². The number of β-amino-alcohol motifs (C(OH)–C–C–N with tert-alkyl or cyclic N) is 1. The summed E-state index contributed by atoms with van der Waals surface area (Å²) < 4.78 is 0. The number of benzene rings is 2. The highest BCUT2D eigenvalue weighted by molar-refractivity contribution is 5.95. The molecule has 174 valence electrons. The second-order valence-corrected chi connectivity index (χ2v) is 9.84. The van der Waals surface area contributed by atoms with Crippen molar-refractivity contribution in [2.45, 2.75) is 37.7 Å². The van der Waals surface area contributed by atoms with Crippen LogP contribution >= 0.6 is 0 Å². The number of hydrogen-bond acceptors (Lipinski definition) is 7. The fourth-order valence-corrected chi connectivity index (χ4v) is 6.11. The molecule has 6 rings (SSSR count). The molecule has 4 heterocycles. The van der Waals surface area contributed by atoms with Crippen LogP contribution in [0.4, 0.5) is 11.4 Å². The molecule has 4 atom stereocenters. The number of likely N-dealkylation sites (N-methyl/N-ethyl adjacent to an activating group) is 1. The molecule has 3 aliphatic heterocycles. The van der Waals surface area contributed by atoms with E-state index in [-0.39, 0.29) is 12.1 Å². The molecule has 2 saturated heterocycles. The molecule has 2 N–H and O–H groups in total. The molecule has 7 heteroatoms. The van der Waals surface area contributed by atoms with Gasteiger partial charge < -0.3 is 20.2 Å². The number of piperazine rings is 1. The Morgan fingerprint density at radius 1 is 1.09 bits per heavy atom. The van der Waals surface area contributed by atoms with Crippen LogP contribution < -0.4 is 15.1 Å². The van der Waals surface area contributed by atoms with Gasteiger partial charge in [-0.1, -0.05) is 6.07 Å². The molecule has 0 saturated carbocycles. The third kappa shape index (κ3) is 3.33. The second-order valence-electron chi connectivity index (χ2n) is 9.84. The van der Waals surface area contributed by atoms with E-state index in [0.717, 1.165) is 42.8 Å². The fraction of sp³-hybridized carbons (Fsp3) is 0.407. The predicted molar refractivity (Wildman–Crippen MR) is 134 cm³/mol. The molecule has 3 aromatic rings. The molecule has 1 aromatic heterocycles. The van der Waals surface area contributed by atoms with E-state index in [2.05, 4.69) is 68.3 Å². The zero-order valence-electron chi connectivity index (χ0n) is 19.6. The van der Waals surface area contributed by atoms with E-state index >= 15 is 0 Å². The highest BCUT2D eigenvalue weighted by atomic mass is 16.3. The van der Waals surface area contributed by atoms with Crippen LogP contribution in [0.15, 0.2) is 48.7 Å². The number of rotatable bonds is 3. The van der Waals surface area contributed by atoms with Crippen molar-refractivity contribution in [1.82, 2.24) is 15.2 Å². The molecule has 7 nitrogen and oxygen atoms in total. The number of aromatic nitrogens is 1. The van der Waals surface area contributed by atoms with E-state index in [1.165, 1.54) is 16.8 Å². The molecule has 0 unspecified atom stereocenters. The lowest BCUT2D eigenvalue weighted by atomic mass is 9.99. The van der Waals surface area contributed by atoms with Gasteiger partial charge in [-0.2, -0.15) is 5.26 Å². The summed E-state index contributed by atoms with van der Waals surface area (Å²) >= 11 is 0. The quantitative estimate of drug-likeness (QED) is 0.630. The second kappa shape index (κ2) is 8.24. The lowest BCUT2D eigenvalue weighted by Gasteiger charge is -2.43. The monoisotopic (exact) mass is 454 g/mol. The van der Waals surface area contributed by atoms with Crippen molar-refractivity contribution in [2.75, 3.05) is 43.0 Å². The number of aliphatic hydroxyl groups excluding tert-OH is 1. The van der Waals surface area contributed by atoms with Gasteiger partial charge in [-0.05, 0) is 61.5 Å². The number of hydrogen-bond donors (Lipinski definition) is 2. The summed E-state index contributed by atoms with van der Waals surface area (Å²) in [5, 5.41) is 24.1. The normalized spacial score (nSPS) is 26.5. The summed E-state index contributed by atoms with van der Waals surface area (Å²) in [5.74, 6) is 0. The first-order valence-corrected chi connectivity index (χ1v) is 12.1. The maximum atomic E-state index is 10.3. The summed E-state index contributed by atoms with van der Waals surface area (Å²) in [6, 6.07) is 18.0. The smallest absolute Gasteiger partial charge is 0.101 e. The van der Waals surface area contributed by atoms with Gasteiger partial charge >= 0.3 is 0 Å². The third-order valence-electron chi connectivity index (χ3n) is 7.92. The van der Waals surface area contributed by atoms with Gasteiger partial charge in [0.2, 0.25) is 0 Å². The summed E-state index contributed by atoms with van der Waals surface area (Å²) in [6.45, 7) is 6.62. The number of pyridine rings is 1. The van der Waals surface area contributed by atoms with Gasteiger partial charge in [-0.25, -0.2) is 0 Å². The topological polar surface area (TPSA) is 78.7 Å². The molecule has 2 fully saturated rings. The van der Waals surface area contributed by atoms with Gasteiger partial charge in [0.25, 0.3) is 0 Å². The van der Waals surface area contributed by atoms with Crippen molar-refractivity contribution >= 4 is 22.3 Å². The average molecular weight is 455 g/mol. The Hall–Kier alpha value is -3.18. The van der Waals surface area contributed by atoms with Crippen molar-refractivity contribution in [3.63, 3.8) is 0 Å². The summed E-state index contributed by atoms with van der Waals surface area (Å²) in [6.07, 6.45) is 1.42. The van der Waals surface area contributed by atoms with E-state index < -0.39 is 0 Å². The lowest BCUT2D eigenvalue weighted by Crippen LogP contribution is -2.51. The highest BCUT2D eigenvalue weighted by Crippen LogP contribution is 2.42. The number of anilines is 2. The minimum absolute atomic E-state index is 0.116.